The number of hydrogen-bond acceptors (Lipinski definition) is 5. The summed E-state index contributed by atoms with van der Waals surface area (Å²) in [5.41, 5.74) is 0. The maximum atomic E-state index is 10.7. The number of rotatable bonds is 9. The van der Waals surface area contributed by atoms with Crippen LogP contribution in [0.25, 0.3) is 0 Å². The molecular weight excluding hydrogens is 258 g/mol. The van der Waals surface area contributed by atoms with E-state index in [2.05, 4.69) is 22.4 Å². The van der Waals surface area contributed by atoms with Crippen molar-refractivity contribution in [2.24, 2.45) is 5.92 Å². The minimum absolute atomic E-state index is 0.242. The summed E-state index contributed by atoms with van der Waals surface area (Å²) in [5, 5.41) is 16.0. The van der Waals surface area contributed by atoms with E-state index in [9.17, 15) is 4.79 Å². The Kier molecular flexibility index (Phi) is 6.64. The monoisotopic (exact) mass is 283 g/mol. The van der Waals surface area contributed by atoms with Gasteiger partial charge in [-0.15, -0.1) is 0 Å². The van der Waals surface area contributed by atoms with Crippen LogP contribution in [0, 0.1) is 5.92 Å². The van der Waals surface area contributed by atoms with Crippen molar-refractivity contribution in [3.05, 3.63) is 11.7 Å². The normalized spacial score (nSPS) is 14.4. The van der Waals surface area contributed by atoms with E-state index in [0.29, 0.717) is 30.7 Å². The van der Waals surface area contributed by atoms with Gasteiger partial charge in [0.2, 0.25) is 5.89 Å². The molecule has 1 rings (SSSR count). The molecule has 0 aliphatic heterocycles. The number of carboxylic acid groups (broad SMARTS) is 1. The molecule has 0 amide bonds. The first-order valence-corrected chi connectivity index (χ1v) is 7.18. The topological polar surface area (TPSA) is 88.2 Å². The van der Waals surface area contributed by atoms with Crippen molar-refractivity contribution in [2.75, 3.05) is 0 Å². The average Bonchev–Trinajstić information content (AvgIpc) is 2.85. The zero-order valence-corrected chi connectivity index (χ0v) is 12.7. The first-order chi connectivity index (χ1) is 9.40. The fraction of sp³-hybridized carbons (Fsp3) is 0.786. The fourth-order valence-electron chi connectivity index (χ4n) is 1.80. The molecular formula is C14H25N3O3. The highest BCUT2D eigenvalue weighted by Crippen LogP contribution is 2.12. The number of carbonyl (C=O) groups is 1. The largest absolute Gasteiger partial charge is 0.481 e. The molecule has 114 valence electrons. The zero-order chi connectivity index (χ0) is 15.1. The standard InChI is InChI=1S/C14H25N3O3/c1-9(2)13-16-12(17-20-13)8-15-11(4)7-5-6-10(3)14(18)19/h9-11,15H,5-8H2,1-4H3,(H,18,19). The molecule has 0 bridgehead atoms. The Morgan fingerprint density at radius 3 is 2.55 bits per heavy atom. The van der Waals surface area contributed by atoms with Gasteiger partial charge in [-0.05, 0) is 19.8 Å². The summed E-state index contributed by atoms with van der Waals surface area (Å²) in [6, 6.07) is 0.303. The molecule has 0 fully saturated rings. The molecule has 0 spiro atoms. The zero-order valence-electron chi connectivity index (χ0n) is 12.7. The Balaban J connectivity index is 2.22. The van der Waals surface area contributed by atoms with Crippen LogP contribution >= 0.6 is 0 Å². The third kappa shape index (κ3) is 5.69. The molecule has 1 aromatic heterocycles. The maximum Gasteiger partial charge on any atom is 0.306 e. The van der Waals surface area contributed by atoms with Gasteiger partial charge in [-0.25, -0.2) is 0 Å². The van der Waals surface area contributed by atoms with E-state index in [0.717, 1.165) is 12.8 Å². The van der Waals surface area contributed by atoms with E-state index in [1.165, 1.54) is 0 Å². The van der Waals surface area contributed by atoms with Gasteiger partial charge in [-0.3, -0.25) is 4.79 Å². The molecule has 0 saturated carbocycles. The lowest BCUT2D eigenvalue weighted by atomic mass is 10.0. The number of aromatic nitrogens is 2. The third-order valence-electron chi connectivity index (χ3n) is 3.28. The molecule has 20 heavy (non-hydrogen) atoms. The number of nitrogens with zero attached hydrogens (tertiary/aromatic N) is 2. The average molecular weight is 283 g/mol. The van der Waals surface area contributed by atoms with E-state index in [-0.39, 0.29) is 11.8 Å². The second-order valence-electron chi connectivity index (χ2n) is 5.66. The molecule has 0 aliphatic rings. The van der Waals surface area contributed by atoms with Gasteiger partial charge in [0.25, 0.3) is 0 Å². The molecule has 0 saturated heterocycles. The van der Waals surface area contributed by atoms with Crippen LogP contribution in [-0.4, -0.2) is 27.3 Å². The summed E-state index contributed by atoms with van der Waals surface area (Å²) in [5.74, 6) is 0.571. The first-order valence-electron chi connectivity index (χ1n) is 7.18. The molecule has 1 aromatic rings. The van der Waals surface area contributed by atoms with E-state index in [4.69, 9.17) is 9.63 Å². The van der Waals surface area contributed by atoms with Gasteiger partial charge in [0.15, 0.2) is 5.82 Å². The Hall–Kier alpha value is -1.43. The predicted molar refractivity (Wildman–Crippen MR) is 75.3 cm³/mol. The molecule has 2 atom stereocenters. The Bertz CT molecular complexity index is 418. The van der Waals surface area contributed by atoms with Crippen LogP contribution in [0.1, 0.15) is 64.6 Å². The SMILES string of the molecule is CC(CCCC(C)C(=O)O)NCc1noc(C(C)C)n1. The highest BCUT2D eigenvalue weighted by atomic mass is 16.5. The van der Waals surface area contributed by atoms with Crippen molar-refractivity contribution in [1.82, 2.24) is 15.5 Å². The second-order valence-corrected chi connectivity index (χ2v) is 5.66. The number of aliphatic carboxylic acids is 1. The maximum absolute atomic E-state index is 10.7. The van der Waals surface area contributed by atoms with Crippen LogP contribution in [0.2, 0.25) is 0 Å². The number of nitrogens with one attached hydrogen (secondary N) is 1. The lowest BCUT2D eigenvalue weighted by Gasteiger charge is -2.13. The van der Waals surface area contributed by atoms with E-state index < -0.39 is 5.97 Å². The second kappa shape index (κ2) is 7.99. The van der Waals surface area contributed by atoms with Crippen molar-refractivity contribution in [1.29, 1.82) is 0 Å². The molecule has 6 nitrogen and oxygen atoms in total. The van der Waals surface area contributed by atoms with Crippen molar-refractivity contribution in [2.45, 2.75) is 65.5 Å². The Morgan fingerprint density at radius 1 is 1.30 bits per heavy atom. The van der Waals surface area contributed by atoms with Gasteiger partial charge in [0, 0.05) is 12.0 Å². The smallest absolute Gasteiger partial charge is 0.306 e. The lowest BCUT2D eigenvalue weighted by Crippen LogP contribution is -2.26. The minimum atomic E-state index is -0.723. The quantitative estimate of drug-likeness (QED) is 0.724. The molecule has 0 aliphatic carbocycles. The van der Waals surface area contributed by atoms with Crippen LogP contribution in [0.4, 0.5) is 0 Å². The molecule has 2 unspecified atom stereocenters. The first kappa shape index (κ1) is 16.6. The summed E-state index contributed by atoms with van der Waals surface area (Å²) < 4.78 is 5.13. The summed E-state index contributed by atoms with van der Waals surface area (Å²) in [4.78, 5) is 15.0. The van der Waals surface area contributed by atoms with Gasteiger partial charge >= 0.3 is 5.97 Å². The van der Waals surface area contributed by atoms with E-state index >= 15 is 0 Å². The summed E-state index contributed by atoms with van der Waals surface area (Å²) in [6.07, 6.45) is 2.54. The van der Waals surface area contributed by atoms with Crippen molar-refractivity contribution >= 4 is 5.97 Å². The Morgan fingerprint density at radius 2 is 2.00 bits per heavy atom. The van der Waals surface area contributed by atoms with Crippen LogP contribution in [-0.2, 0) is 11.3 Å². The summed E-state index contributed by atoms with van der Waals surface area (Å²) in [6.45, 7) is 8.42. The van der Waals surface area contributed by atoms with Gasteiger partial charge in [0.1, 0.15) is 0 Å². The molecule has 0 aromatic carbocycles. The third-order valence-corrected chi connectivity index (χ3v) is 3.28. The fourth-order valence-corrected chi connectivity index (χ4v) is 1.80. The van der Waals surface area contributed by atoms with Gasteiger partial charge in [-0.2, -0.15) is 4.98 Å². The summed E-state index contributed by atoms with van der Waals surface area (Å²) in [7, 11) is 0. The van der Waals surface area contributed by atoms with E-state index in [1.54, 1.807) is 6.92 Å². The van der Waals surface area contributed by atoms with Crippen molar-refractivity contribution < 1.29 is 14.4 Å². The number of hydrogen-bond donors (Lipinski definition) is 2. The molecule has 0 radical (unpaired) electrons. The molecule has 1 heterocycles. The Labute approximate surface area is 120 Å². The van der Waals surface area contributed by atoms with Crippen LogP contribution < -0.4 is 5.32 Å². The summed E-state index contributed by atoms with van der Waals surface area (Å²) >= 11 is 0. The molecule has 6 heteroatoms. The lowest BCUT2D eigenvalue weighted by molar-refractivity contribution is -0.141. The van der Waals surface area contributed by atoms with Gasteiger partial charge in [-0.1, -0.05) is 32.3 Å². The van der Waals surface area contributed by atoms with Crippen LogP contribution in [0.5, 0.6) is 0 Å². The van der Waals surface area contributed by atoms with Crippen molar-refractivity contribution in [3.8, 4) is 0 Å². The van der Waals surface area contributed by atoms with Crippen LogP contribution in [0.15, 0.2) is 4.52 Å². The number of carboxylic acids is 1. The minimum Gasteiger partial charge on any atom is -0.481 e. The van der Waals surface area contributed by atoms with Gasteiger partial charge in [0.05, 0.1) is 12.5 Å². The van der Waals surface area contributed by atoms with Crippen LogP contribution in [0.3, 0.4) is 0 Å². The van der Waals surface area contributed by atoms with Crippen molar-refractivity contribution in [3.63, 3.8) is 0 Å². The predicted octanol–water partition coefficient (Wildman–Crippen LogP) is 2.56. The van der Waals surface area contributed by atoms with E-state index in [1.807, 2.05) is 13.8 Å². The van der Waals surface area contributed by atoms with Gasteiger partial charge < -0.3 is 14.9 Å². The molecule has 2 N–H and O–H groups in total. The highest BCUT2D eigenvalue weighted by molar-refractivity contribution is 5.69. The highest BCUT2D eigenvalue weighted by Gasteiger charge is 2.12.